The monoisotopic (exact) mass is 227 g/mol. The molecule has 0 amide bonds. The van der Waals surface area contributed by atoms with Crippen LogP contribution in [0.4, 0.5) is 4.39 Å². The summed E-state index contributed by atoms with van der Waals surface area (Å²) >= 11 is 5.78. The molecule has 0 heterocycles. The van der Waals surface area contributed by atoms with E-state index in [1.54, 1.807) is 6.07 Å². The van der Waals surface area contributed by atoms with E-state index in [4.69, 9.17) is 11.6 Å². The van der Waals surface area contributed by atoms with E-state index in [1.165, 1.54) is 6.07 Å². The molecule has 1 aromatic rings. The van der Waals surface area contributed by atoms with E-state index in [1.807, 2.05) is 13.1 Å². The minimum atomic E-state index is -0.338. The number of hydrogen-bond donors (Lipinski definition) is 1. The van der Waals surface area contributed by atoms with Crippen molar-refractivity contribution in [3.05, 3.63) is 34.6 Å². The molecule has 1 N–H and O–H groups in total. The number of hydrogen-bond acceptors (Lipinski definition) is 1. The van der Waals surface area contributed by atoms with Crippen LogP contribution in [0.25, 0.3) is 0 Å². The third kappa shape index (κ3) is 1.88. The lowest BCUT2D eigenvalue weighted by Crippen LogP contribution is -2.15. The topological polar surface area (TPSA) is 12.0 Å². The zero-order valence-corrected chi connectivity index (χ0v) is 9.74. The average molecular weight is 228 g/mol. The van der Waals surface area contributed by atoms with Gasteiger partial charge in [0.05, 0.1) is 5.02 Å². The molecule has 1 saturated carbocycles. The standard InChI is InChI=1S/C12H15ClFN/c1-12(6-9(12)7-15-2)8-3-4-11(14)10(13)5-8/h3-5,9,15H,6-7H2,1-2H3. The van der Waals surface area contributed by atoms with Gasteiger partial charge in [-0.2, -0.15) is 0 Å². The normalized spacial score (nSPS) is 29.2. The lowest BCUT2D eigenvalue weighted by molar-refractivity contribution is 0.607. The molecular weight excluding hydrogens is 213 g/mol. The van der Waals surface area contributed by atoms with Crippen molar-refractivity contribution in [3.63, 3.8) is 0 Å². The molecule has 1 fully saturated rings. The largest absolute Gasteiger partial charge is 0.319 e. The van der Waals surface area contributed by atoms with E-state index in [0.717, 1.165) is 18.5 Å². The van der Waals surface area contributed by atoms with Gasteiger partial charge in [-0.25, -0.2) is 4.39 Å². The van der Waals surface area contributed by atoms with Gasteiger partial charge in [-0.1, -0.05) is 24.6 Å². The summed E-state index contributed by atoms with van der Waals surface area (Å²) in [4.78, 5) is 0. The molecule has 0 radical (unpaired) electrons. The summed E-state index contributed by atoms with van der Waals surface area (Å²) in [6, 6.07) is 5.06. The van der Waals surface area contributed by atoms with E-state index in [2.05, 4.69) is 12.2 Å². The second-order valence-electron chi connectivity index (χ2n) is 4.51. The maximum atomic E-state index is 13.0. The van der Waals surface area contributed by atoms with Gasteiger partial charge in [0.25, 0.3) is 0 Å². The number of nitrogens with one attached hydrogen (secondary N) is 1. The predicted octanol–water partition coefficient (Wildman–Crippen LogP) is 2.98. The van der Waals surface area contributed by atoms with E-state index in [-0.39, 0.29) is 16.3 Å². The van der Waals surface area contributed by atoms with Crippen LogP contribution in [0.15, 0.2) is 18.2 Å². The first-order chi connectivity index (χ1) is 7.08. The van der Waals surface area contributed by atoms with Crippen molar-refractivity contribution in [2.24, 2.45) is 5.92 Å². The van der Waals surface area contributed by atoms with Gasteiger partial charge in [0.2, 0.25) is 0 Å². The van der Waals surface area contributed by atoms with E-state index in [0.29, 0.717) is 5.92 Å². The molecule has 2 unspecified atom stereocenters. The van der Waals surface area contributed by atoms with Crippen molar-refractivity contribution >= 4 is 11.6 Å². The zero-order valence-electron chi connectivity index (χ0n) is 8.98. The Labute approximate surface area is 94.6 Å². The lowest BCUT2D eigenvalue weighted by atomic mass is 9.95. The molecule has 3 heteroatoms. The quantitative estimate of drug-likeness (QED) is 0.837. The lowest BCUT2D eigenvalue weighted by Gasteiger charge is -2.12. The average Bonchev–Trinajstić information content (AvgIpc) is 2.84. The second kappa shape index (κ2) is 3.76. The maximum absolute atomic E-state index is 13.0. The van der Waals surface area contributed by atoms with Gasteiger partial charge >= 0.3 is 0 Å². The molecule has 0 bridgehead atoms. The van der Waals surface area contributed by atoms with Crippen LogP contribution in [0.2, 0.25) is 5.02 Å². The fourth-order valence-corrected chi connectivity index (χ4v) is 2.38. The number of halogens is 2. The number of benzene rings is 1. The second-order valence-corrected chi connectivity index (χ2v) is 4.91. The molecule has 0 aliphatic heterocycles. The summed E-state index contributed by atoms with van der Waals surface area (Å²) in [6.45, 7) is 3.21. The molecule has 15 heavy (non-hydrogen) atoms. The van der Waals surface area contributed by atoms with Crippen molar-refractivity contribution in [1.29, 1.82) is 0 Å². The first-order valence-electron chi connectivity index (χ1n) is 5.18. The van der Waals surface area contributed by atoms with Gasteiger partial charge in [-0.3, -0.25) is 0 Å². The van der Waals surface area contributed by atoms with Crippen LogP contribution >= 0.6 is 11.6 Å². The van der Waals surface area contributed by atoms with Gasteiger partial charge in [0.15, 0.2) is 0 Å². The Morgan fingerprint density at radius 3 is 2.93 bits per heavy atom. The molecule has 0 saturated heterocycles. The van der Waals surface area contributed by atoms with Crippen LogP contribution in [0.5, 0.6) is 0 Å². The molecule has 0 aromatic heterocycles. The Balaban J connectivity index is 2.21. The third-order valence-corrected chi connectivity index (χ3v) is 3.73. The van der Waals surface area contributed by atoms with Gasteiger partial charge in [0, 0.05) is 0 Å². The van der Waals surface area contributed by atoms with Crippen LogP contribution in [0.3, 0.4) is 0 Å². The zero-order chi connectivity index (χ0) is 11.1. The van der Waals surface area contributed by atoms with Crippen LogP contribution < -0.4 is 5.32 Å². The maximum Gasteiger partial charge on any atom is 0.141 e. The van der Waals surface area contributed by atoms with E-state index < -0.39 is 0 Å². The highest BCUT2D eigenvalue weighted by atomic mass is 35.5. The summed E-state index contributed by atoms with van der Waals surface area (Å²) in [5.74, 6) is 0.305. The van der Waals surface area contributed by atoms with Crippen molar-refractivity contribution in [3.8, 4) is 0 Å². The van der Waals surface area contributed by atoms with Gasteiger partial charge in [0.1, 0.15) is 5.82 Å². The highest BCUT2D eigenvalue weighted by molar-refractivity contribution is 6.30. The summed E-state index contributed by atoms with van der Waals surface area (Å²) in [5, 5.41) is 3.40. The van der Waals surface area contributed by atoms with Crippen molar-refractivity contribution in [1.82, 2.24) is 5.32 Å². The molecule has 0 spiro atoms. The number of rotatable bonds is 3. The molecule has 2 rings (SSSR count). The highest BCUT2D eigenvalue weighted by Gasteiger charge is 2.50. The first kappa shape index (κ1) is 10.9. The summed E-state index contributed by atoms with van der Waals surface area (Å²) in [7, 11) is 1.95. The van der Waals surface area contributed by atoms with Gasteiger partial charge in [-0.05, 0) is 49.0 Å². The Kier molecular flexibility index (Phi) is 2.73. The molecule has 82 valence electrons. The van der Waals surface area contributed by atoms with Crippen LogP contribution in [-0.4, -0.2) is 13.6 Å². The molecule has 1 aromatic carbocycles. The van der Waals surface area contributed by atoms with E-state index in [9.17, 15) is 4.39 Å². The SMILES string of the molecule is CNCC1CC1(C)c1ccc(F)c(Cl)c1. The summed E-state index contributed by atoms with van der Waals surface area (Å²) in [6.07, 6.45) is 1.15. The minimum absolute atomic E-state index is 0.181. The van der Waals surface area contributed by atoms with Gasteiger partial charge in [-0.15, -0.1) is 0 Å². The van der Waals surface area contributed by atoms with Crippen LogP contribution in [0, 0.1) is 11.7 Å². The predicted molar refractivity (Wildman–Crippen MR) is 60.8 cm³/mol. The summed E-state index contributed by atoms with van der Waals surface area (Å²) in [5.41, 5.74) is 1.33. The van der Waals surface area contributed by atoms with Crippen molar-refractivity contribution in [2.45, 2.75) is 18.8 Å². The Bertz CT molecular complexity index is 380. The molecule has 2 atom stereocenters. The van der Waals surface area contributed by atoms with Gasteiger partial charge < -0.3 is 5.32 Å². The smallest absolute Gasteiger partial charge is 0.141 e. The summed E-state index contributed by atoms with van der Waals surface area (Å²) < 4.78 is 13.0. The fourth-order valence-electron chi connectivity index (χ4n) is 2.20. The molecule has 1 aliphatic rings. The molecule has 1 nitrogen and oxygen atoms in total. The Hall–Kier alpha value is -0.600. The molecular formula is C12H15ClFN. The third-order valence-electron chi connectivity index (χ3n) is 3.44. The van der Waals surface area contributed by atoms with Crippen LogP contribution in [-0.2, 0) is 5.41 Å². The Morgan fingerprint density at radius 2 is 2.33 bits per heavy atom. The van der Waals surface area contributed by atoms with Crippen molar-refractivity contribution in [2.75, 3.05) is 13.6 Å². The highest BCUT2D eigenvalue weighted by Crippen LogP contribution is 2.53. The van der Waals surface area contributed by atoms with Crippen LogP contribution in [0.1, 0.15) is 18.9 Å². The van der Waals surface area contributed by atoms with Crippen molar-refractivity contribution < 1.29 is 4.39 Å². The minimum Gasteiger partial charge on any atom is -0.319 e. The fraction of sp³-hybridized carbons (Fsp3) is 0.500. The molecule has 1 aliphatic carbocycles. The Morgan fingerprint density at radius 1 is 1.60 bits per heavy atom. The first-order valence-corrected chi connectivity index (χ1v) is 5.56. The van der Waals surface area contributed by atoms with E-state index >= 15 is 0 Å².